The van der Waals surface area contributed by atoms with Gasteiger partial charge in [0.2, 0.25) is 0 Å². The number of hydrazone groups is 1. The van der Waals surface area contributed by atoms with Gasteiger partial charge in [-0.3, -0.25) is 9.69 Å². The molecule has 0 unspecified atom stereocenters. The molecule has 4 rings (SSSR count). The van der Waals surface area contributed by atoms with Crippen LogP contribution >= 0.6 is 0 Å². The number of imide groups is 1. The Kier molecular flexibility index (Phi) is 7.26. The fourth-order valence-corrected chi connectivity index (χ4v) is 4.26. The van der Waals surface area contributed by atoms with Crippen molar-refractivity contribution in [3.8, 4) is 11.5 Å². The van der Waals surface area contributed by atoms with Gasteiger partial charge >= 0.3 is 6.03 Å². The summed E-state index contributed by atoms with van der Waals surface area (Å²) in [7, 11) is 2.15. The van der Waals surface area contributed by atoms with Crippen molar-refractivity contribution >= 4 is 17.6 Å². The molecular weight excluding hydrogens is 410 g/mol. The zero-order valence-electron chi connectivity index (χ0n) is 19.1. The van der Waals surface area contributed by atoms with Gasteiger partial charge in [-0.1, -0.05) is 0 Å². The number of carbonyl (C=O) groups is 2. The number of hydrogen-bond acceptors (Lipinski definition) is 7. The van der Waals surface area contributed by atoms with Crippen LogP contribution in [0, 0.1) is 0 Å². The molecule has 32 heavy (non-hydrogen) atoms. The summed E-state index contributed by atoms with van der Waals surface area (Å²) in [5.41, 5.74) is 1.55. The van der Waals surface area contributed by atoms with Crippen LogP contribution in [0.25, 0.3) is 0 Å². The fourth-order valence-electron chi connectivity index (χ4n) is 4.26. The zero-order valence-corrected chi connectivity index (χ0v) is 19.1. The number of fused-ring (bicyclic) bond motifs is 1. The first kappa shape index (κ1) is 22.5. The number of hydrogen-bond donors (Lipinski definition) is 0. The minimum absolute atomic E-state index is 0.0118. The van der Waals surface area contributed by atoms with Crippen molar-refractivity contribution in [2.45, 2.75) is 26.2 Å². The van der Waals surface area contributed by atoms with Crippen LogP contribution in [0.1, 0.15) is 31.7 Å². The molecule has 0 N–H and O–H groups in total. The molecule has 1 aromatic carbocycles. The smallest absolute Gasteiger partial charge is 0.347 e. The molecule has 2 fully saturated rings. The van der Waals surface area contributed by atoms with Crippen LogP contribution < -0.4 is 9.47 Å². The van der Waals surface area contributed by atoms with Gasteiger partial charge in [0, 0.05) is 44.7 Å². The van der Waals surface area contributed by atoms with Crippen molar-refractivity contribution < 1.29 is 19.1 Å². The van der Waals surface area contributed by atoms with Crippen molar-refractivity contribution in [3.63, 3.8) is 0 Å². The molecule has 0 aliphatic carbocycles. The maximum atomic E-state index is 12.9. The van der Waals surface area contributed by atoms with Crippen LogP contribution in [0.5, 0.6) is 11.5 Å². The molecule has 3 aliphatic rings. The SMILES string of the molecule is CCOc1ccc2c(c1)/C(=N/N1CC(=O)N(CCCCN3CCN(C)CC3)C1=O)CCO2. The van der Waals surface area contributed by atoms with Crippen LogP contribution in [-0.2, 0) is 4.79 Å². The second-order valence-electron chi connectivity index (χ2n) is 8.47. The third kappa shape index (κ3) is 5.21. The Morgan fingerprint density at radius 3 is 2.66 bits per heavy atom. The lowest BCUT2D eigenvalue weighted by molar-refractivity contribution is -0.125. The first-order valence-corrected chi connectivity index (χ1v) is 11.6. The highest BCUT2D eigenvalue weighted by atomic mass is 16.5. The fraction of sp³-hybridized carbons (Fsp3) is 0.609. The van der Waals surface area contributed by atoms with E-state index in [0.29, 0.717) is 26.2 Å². The number of carbonyl (C=O) groups excluding carboxylic acids is 2. The van der Waals surface area contributed by atoms with E-state index in [1.807, 2.05) is 25.1 Å². The average Bonchev–Trinajstić information content (AvgIpc) is 3.05. The molecule has 0 aromatic heterocycles. The van der Waals surface area contributed by atoms with Gasteiger partial charge in [-0.15, -0.1) is 0 Å². The summed E-state index contributed by atoms with van der Waals surface area (Å²) in [6.07, 6.45) is 2.36. The maximum absolute atomic E-state index is 12.9. The van der Waals surface area contributed by atoms with E-state index >= 15 is 0 Å². The van der Waals surface area contributed by atoms with E-state index in [1.165, 1.54) is 9.91 Å². The van der Waals surface area contributed by atoms with E-state index in [4.69, 9.17) is 9.47 Å². The zero-order chi connectivity index (χ0) is 22.5. The number of ether oxygens (including phenoxy) is 2. The predicted octanol–water partition coefficient (Wildman–Crippen LogP) is 1.86. The van der Waals surface area contributed by atoms with Crippen LogP contribution in [0.2, 0.25) is 0 Å². The monoisotopic (exact) mass is 443 g/mol. The van der Waals surface area contributed by atoms with Crippen LogP contribution in [0.3, 0.4) is 0 Å². The largest absolute Gasteiger partial charge is 0.494 e. The number of likely N-dealkylation sites (N-methyl/N-ethyl adjacent to an activating group) is 1. The standard InChI is InChI=1S/C23H33N5O4/c1-3-31-18-6-7-21-19(16-18)20(8-15-32-21)24-28-17-22(29)27(23(28)30)10-5-4-9-26-13-11-25(2)12-14-26/h6-7,16H,3-5,8-15,17H2,1-2H3/b24-20+. The van der Waals surface area contributed by atoms with Gasteiger partial charge in [0.05, 0.1) is 18.9 Å². The summed E-state index contributed by atoms with van der Waals surface area (Å²) >= 11 is 0. The summed E-state index contributed by atoms with van der Waals surface area (Å²) in [6, 6.07) is 5.27. The number of benzene rings is 1. The molecule has 3 aliphatic heterocycles. The highest BCUT2D eigenvalue weighted by Crippen LogP contribution is 2.30. The van der Waals surface area contributed by atoms with Crippen molar-refractivity contribution in [1.29, 1.82) is 0 Å². The molecule has 3 amide bonds. The quantitative estimate of drug-likeness (QED) is 0.451. The molecular formula is C23H33N5O4. The van der Waals surface area contributed by atoms with Crippen molar-refractivity contribution in [2.24, 2.45) is 5.10 Å². The second kappa shape index (κ2) is 10.3. The van der Waals surface area contributed by atoms with E-state index in [0.717, 1.165) is 68.3 Å². The van der Waals surface area contributed by atoms with Crippen LogP contribution in [-0.4, -0.2) is 103 Å². The van der Waals surface area contributed by atoms with Crippen LogP contribution in [0.4, 0.5) is 4.79 Å². The summed E-state index contributed by atoms with van der Waals surface area (Å²) in [5, 5.41) is 5.85. The minimum atomic E-state index is -0.337. The molecule has 0 radical (unpaired) electrons. The van der Waals surface area contributed by atoms with Gasteiger partial charge in [0.25, 0.3) is 5.91 Å². The minimum Gasteiger partial charge on any atom is -0.494 e. The van der Waals surface area contributed by atoms with Crippen LogP contribution in [0.15, 0.2) is 23.3 Å². The first-order chi connectivity index (χ1) is 15.5. The Hall–Kier alpha value is -2.65. The van der Waals surface area contributed by atoms with Gasteiger partial charge in [0.15, 0.2) is 0 Å². The summed E-state index contributed by atoms with van der Waals surface area (Å²) in [5.74, 6) is 1.27. The Balaban J connectivity index is 1.34. The topological polar surface area (TPSA) is 77.9 Å². The number of unbranched alkanes of at least 4 members (excludes halogenated alkanes) is 1. The Bertz CT molecular complexity index is 866. The number of piperazine rings is 1. The lowest BCUT2D eigenvalue weighted by Gasteiger charge is -2.32. The third-order valence-corrected chi connectivity index (χ3v) is 6.15. The highest BCUT2D eigenvalue weighted by molar-refractivity contribution is 6.06. The highest BCUT2D eigenvalue weighted by Gasteiger charge is 2.36. The molecule has 3 heterocycles. The first-order valence-electron chi connectivity index (χ1n) is 11.6. The number of urea groups is 1. The van der Waals surface area contributed by atoms with Gasteiger partial charge in [0.1, 0.15) is 18.0 Å². The summed E-state index contributed by atoms with van der Waals surface area (Å²) in [6.45, 7) is 8.79. The molecule has 0 atom stereocenters. The van der Waals surface area contributed by atoms with E-state index < -0.39 is 0 Å². The second-order valence-corrected chi connectivity index (χ2v) is 8.47. The number of nitrogens with zero attached hydrogens (tertiary/aromatic N) is 5. The Morgan fingerprint density at radius 2 is 1.88 bits per heavy atom. The Labute approximate surface area is 189 Å². The summed E-state index contributed by atoms with van der Waals surface area (Å²) < 4.78 is 11.3. The van der Waals surface area contributed by atoms with E-state index in [2.05, 4.69) is 21.9 Å². The van der Waals surface area contributed by atoms with Crippen molar-refractivity contribution in [2.75, 3.05) is 66.1 Å². The lowest BCUT2D eigenvalue weighted by atomic mass is 10.0. The van der Waals surface area contributed by atoms with E-state index in [1.54, 1.807) is 0 Å². The number of amides is 3. The lowest BCUT2D eigenvalue weighted by Crippen LogP contribution is -2.44. The predicted molar refractivity (Wildman–Crippen MR) is 121 cm³/mol. The van der Waals surface area contributed by atoms with Gasteiger partial charge in [-0.05, 0) is 51.6 Å². The normalized spacial score (nSPS) is 21.2. The Morgan fingerprint density at radius 1 is 1.09 bits per heavy atom. The summed E-state index contributed by atoms with van der Waals surface area (Å²) in [4.78, 5) is 31.5. The van der Waals surface area contributed by atoms with Crippen molar-refractivity contribution in [3.05, 3.63) is 23.8 Å². The van der Waals surface area contributed by atoms with E-state index in [9.17, 15) is 9.59 Å². The van der Waals surface area contributed by atoms with Gasteiger partial charge < -0.3 is 19.3 Å². The maximum Gasteiger partial charge on any atom is 0.347 e. The van der Waals surface area contributed by atoms with Crippen molar-refractivity contribution in [1.82, 2.24) is 19.7 Å². The average molecular weight is 444 g/mol. The van der Waals surface area contributed by atoms with Gasteiger partial charge in [-0.2, -0.15) is 5.10 Å². The molecule has 2 saturated heterocycles. The third-order valence-electron chi connectivity index (χ3n) is 6.15. The molecule has 0 saturated carbocycles. The molecule has 9 nitrogen and oxygen atoms in total. The van der Waals surface area contributed by atoms with Gasteiger partial charge in [-0.25, -0.2) is 9.80 Å². The van der Waals surface area contributed by atoms with E-state index in [-0.39, 0.29) is 18.5 Å². The number of rotatable bonds is 8. The molecule has 1 aromatic rings. The molecule has 174 valence electrons. The molecule has 9 heteroatoms. The molecule has 0 spiro atoms. The molecule has 0 bridgehead atoms.